The first kappa shape index (κ1) is 34.4. The average molecular weight is 675 g/mol. The summed E-state index contributed by atoms with van der Waals surface area (Å²) in [5.74, 6) is -5.61. The number of alkyl halides is 5. The summed E-state index contributed by atoms with van der Waals surface area (Å²) in [4.78, 5) is 0. The molecule has 0 amide bonds. The molecule has 0 fully saturated rings. The van der Waals surface area contributed by atoms with Gasteiger partial charge in [-0.3, -0.25) is 0 Å². The number of ether oxygens (including phenoxy) is 2. The molecule has 250 valence electrons. The van der Waals surface area contributed by atoms with Crippen molar-refractivity contribution in [2.45, 2.75) is 45.1 Å². The van der Waals surface area contributed by atoms with E-state index in [2.05, 4.69) is 11.7 Å². The van der Waals surface area contributed by atoms with E-state index in [9.17, 15) is 26.3 Å². The predicted molar refractivity (Wildman–Crippen MR) is 163 cm³/mol. The third-order valence-corrected chi connectivity index (χ3v) is 7.57. The molecular formula is C37H27F9O2. The minimum Gasteiger partial charge on any atom is -0.429 e. The summed E-state index contributed by atoms with van der Waals surface area (Å²) < 4.78 is 135. The van der Waals surface area contributed by atoms with Crippen LogP contribution in [0, 0.1) is 23.3 Å². The lowest BCUT2D eigenvalue weighted by Crippen LogP contribution is -2.22. The monoisotopic (exact) mass is 674 g/mol. The molecule has 2 nitrogen and oxygen atoms in total. The van der Waals surface area contributed by atoms with E-state index >= 15 is 13.2 Å². The van der Waals surface area contributed by atoms with Gasteiger partial charge in [0, 0.05) is 22.8 Å². The molecule has 0 atom stereocenters. The summed E-state index contributed by atoms with van der Waals surface area (Å²) in [6.07, 6.45) is -5.06. The Kier molecular flexibility index (Phi) is 10.1. The summed E-state index contributed by atoms with van der Waals surface area (Å²) in [7, 11) is 0. The van der Waals surface area contributed by atoms with Crippen LogP contribution in [0.2, 0.25) is 0 Å². The molecule has 48 heavy (non-hydrogen) atoms. The summed E-state index contributed by atoms with van der Waals surface area (Å²) in [5.41, 5.74) is 0.241. The van der Waals surface area contributed by atoms with Crippen molar-refractivity contribution in [3.05, 3.63) is 131 Å². The van der Waals surface area contributed by atoms with E-state index in [1.807, 2.05) is 0 Å². The summed E-state index contributed by atoms with van der Waals surface area (Å²) >= 11 is 0. The summed E-state index contributed by atoms with van der Waals surface area (Å²) in [5, 5.41) is 0. The number of rotatable bonds is 11. The van der Waals surface area contributed by atoms with E-state index in [0.717, 1.165) is 61.6 Å². The minimum atomic E-state index is -5.11. The second-order valence-electron chi connectivity index (χ2n) is 11.0. The first-order chi connectivity index (χ1) is 22.7. The van der Waals surface area contributed by atoms with Gasteiger partial charge in [-0.25, -0.2) is 17.6 Å². The molecule has 0 aromatic heterocycles. The number of benzene rings is 5. The van der Waals surface area contributed by atoms with E-state index in [1.165, 1.54) is 42.5 Å². The van der Waals surface area contributed by atoms with Gasteiger partial charge in [-0.15, -0.1) is 13.2 Å². The largest absolute Gasteiger partial charge is 0.573 e. The van der Waals surface area contributed by atoms with Crippen LogP contribution in [0.4, 0.5) is 39.5 Å². The lowest BCUT2D eigenvalue weighted by Gasteiger charge is -2.19. The van der Waals surface area contributed by atoms with E-state index in [1.54, 1.807) is 12.1 Å². The van der Waals surface area contributed by atoms with Crippen molar-refractivity contribution in [1.29, 1.82) is 0 Å². The molecular weight excluding hydrogens is 647 g/mol. The molecule has 0 radical (unpaired) electrons. The Bertz CT molecular complexity index is 1900. The van der Waals surface area contributed by atoms with Crippen LogP contribution in [0.3, 0.4) is 0 Å². The lowest BCUT2D eigenvalue weighted by atomic mass is 9.97. The van der Waals surface area contributed by atoms with Gasteiger partial charge in [-0.2, -0.15) is 8.78 Å². The van der Waals surface area contributed by atoms with E-state index in [-0.39, 0.29) is 33.4 Å². The molecule has 0 unspecified atom stereocenters. The predicted octanol–water partition coefficient (Wildman–Crippen LogP) is 12.0. The molecule has 0 aliphatic heterocycles. The molecule has 0 saturated heterocycles. The van der Waals surface area contributed by atoms with Gasteiger partial charge in [0.05, 0.1) is 5.56 Å². The molecule has 0 aliphatic carbocycles. The summed E-state index contributed by atoms with van der Waals surface area (Å²) in [6.45, 7) is 2.07. The standard InChI is InChI=1S/C37H27F9O2/c1-2-3-4-5-22-6-11-26(12-7-22)36(42,43)47-27-13-16-30(33(40)21-27)24-9-14-28(31(38)19-24)23-8-15-29(32(39)18-23)25-10-17-35(34(41)20-25)48-37(44,45)46/h6-21H,2-5H2,1H3. The van der Waals surface area contributed by atoms with Gasteiger partial charge < -0.3 is 9.47 Å². The molecule has 5 aromatic rings. The molecule has 0 spiro atoms. The van der Waals surface area contributed by atoms with Crippen molar-refractivity contribution in [2.24, 2.45) is 0 Å². The van der Waals surface area contributed by atoms with Crippen LogP contribution in [0.1, 0.15) is 37.3 Å². The molecule has 5 aromatic carbocycles. The smallest absolute Gasteiger partial charge is 0.429 e. The summed E-state index contributed by atoms with van der Waals surface area (Å²) in [6, 6.07) is 18.3. The van der Waals surface area contributed by atoms with Crippen molar-refractivity contribution >= 4 is 0 Å². The van der Waals surface area contributed by atoms with Crippen LogP contribution in [-0.2, 0) is 12.5 Å². The third kappa shape index (κ3) is 8.13. The highest BCUT2D eigenvalue weighted by molar-refractivity contribution is 5.74. The van der Waals surface area contributed by atoms with Gasteiger partial charge in [0.1, 0.15) is 23.2 Å². The second-order valence-corrected chi connectivity index (χ2v) is 11.0. The zero-order chi connectivity index (χ0) is 34.6. The third-order valence-electron chi connectivity index (χ3n) is 7.57. The lowest BCUT2D eigenvalue weighted by molar-refractivity contribution is -0.275. The number of hydrogen-bond acceptors (Lipinski definition) is 2. The normalized spacial score (nSPS) is 11.9. The Morgan fingerprint density at radius 2 is 1.02 bits per heavy atom. The quantitative estimate of drug-likeness (QED) is 0.103. The SMILES string of the molecule is CCCCCc1ccc(C(F)(F)Oc2ccc(-c3ccc(-c4ccc(-c5ccc(OC(F)(F)F)c(F)c5)c(F)c4)c(F)c3)c(F)c2)cc1. The van der Waals surface area contributed by atoms with Crippen LogP contribution >= 0.6 is 0 Å². The maximum atomic E-state index is 15.2. The fraction of sp³-hybridized carbons (Fsp3) is 0.189. The fourth-order valence-electron chi connectivity index (χ4n) is 5.15. The Morgan fingerprint density at radius 1 is 0.521 bits per heavy atom. The maximum Gasteiger partial charge on any atom is 0.573 e. The van der Waals surface area contributed by atoms with Crippen molar-refractivity contribution in [1.82, 2.24) is 0 Å². The topological polar surface area (TPSA) is 18.5 Å². The van der Waals surface area contributed by atoms with Gasteiger partial charge in [-0.1, -0.05) is 62.2 Å². The molecule has 11 heteroatoms. The second kappa shape index (κ2) is 14.0. The van der Waals surface area contributed by atoms with Crippen molar-refractivity contribution in [2.75, 3.05) is 0 Å². The van der Waals surface area contributed by atoms with Gasteiger partial charge in [0.2, 0.25) is 0 Å². The molecule has 0 heterocycles. The maximum absolute atomic E-state index is 15.2. The first-order valence-corrected chi connectivity index (χ1v) is 14.9. The number of unbranched alkanes of at least 4 members (excludes halogenated alkanes) is 2. The van der Waals surface area contributed by atoms with Crippen LogP contribution in [0.5, 0.6) is 11.5 Å². The minimum absolute atomic E-state index is 0.0678. The van der Waals surface area contributed by atoms with Crippen LogP contribution in [0.25, 0.3) is 33.4 Å². The van der Waals surface area contributed by atoms with Gasteiger partial charge in [-0.05, 0) is 83.6 Å². The zero-order valence-electron chi connectivity index (χ0n) is 25.3. The number of hydrogen-bond donors (Lipinski definition) is 0. The highest BCUT2D eigenvalue weighted by Gasteiger charge is 2.35. The van der Waals surface area contributed by atoms with Crippen LogP contribution in [0.15, 0.2) is 97.1 Å². The van der Waals surface area contributed by atoms with E-state index in [4.69, 9.17) is 4.74 Å². The number of halogens is 9. The Morgan fingerprint density at radius 3 is 1.50 bits per heavy atom. The highest BCUT2D eigenvalue weighted by atomic mass is 19.4. The molecule has 0 N–H and O–H groups in total. The first-order valence-electron chi connectivity index (χ1n) is 14.9. The molecule has 0 bridgehead atoms. The number of aryl methyl sites for hydroxylation is 1. The Balaban J connectivity index is 1.30. The van der Waals surface area contributed by atoms with Gasteiger partial charge in [0.15, 0.2) is 11.6 Å². The Hall–Kier alpha value is -4.93. The van der Waals surface area contributed by atoms with Crippen LogP contribution in [-0.4, -0.2) is 6.36 Å². The highest BCUT2D eigenvalue weighted by Crippen LogP contribution is 2.37. The fourth-order valence-corrected chi connectivity index (χ4v) is 5.15. The van der Waals surface area contributed by atoms with Crippen LogP contribution < -0.4 is 9.47 Å². The molecule has 0 aliphatic rings. The van der Waals surface area contributed by atoms with Crippen molar-refractivity contribution in [3.8, 4) is 44.9 Å². The molecule has 5 rings (SSSR count). The Labute approximate surface area is 270 Å². The zero-order valence-corrected chi connectivity index (χ0v) is 25.3. The van der Waals surface area contributed by atoms with Gasteiger partial charge in [0.25, 0.3) is 0 Å². The van der Waals surface area contributed by atoms with Gasteiger partial charge >= 0.3 is 12.5 Å². The van der Waals surface area contributed by atoms with E-state index in [0.29, 0.717) is 12.1 Å². The van der Waals surface area contributed by atoms with E-state index < -0.39 is 52.8 Å². The van der Waals surface area contributed by atoms with Crippen molar-refractivity contribution in [3.63, 3.8) is 0 Å². The van der Waals surface area contributed by atoms with Crippen molar-refractivity contribution < 1.29 is 49.0 Å². The average Bonchev–Trinajstić information content (AvgIpc) is 3.02. The molecule has 0 saturated carbocycles.